The maximum absolute atomic E-state index is 13.3. The van der Waals surface area contributed by atoms with Crippen LogP contribution in [0.5, 0.6) is 5.75 Å². The number of amides is 1. The molecule has 1 amide bonds. The first-order chi connectivity index (χ1) is 13.4. The number of fused-ring (bicyclic) bond motifs is 2. The van der Waals surface area contributed by atoms with Gasteiger partial charge in [-0.15, -0.1) is 0 Å². The number of anilines is 1. The molecule has 28 heavy (non-hydrogen) atoms. The molecular formula is C20H27BN2O5. The number of hydrogen-bond acceptors (Lipinski definition) is 6. The van der Waals surface area contributed by atoms with Crippen molar-refractivity contribution in [1.29, 1.82) is 0 Å². The fraction of sp³-hybridized carbons (Fsp3) is 0.550. The Morgan fingerprint density at radius 3 is 2.82 bits per heavy atom. The van der Waals surface area contributed by atoms with E-state index in [1.54, 1.807) is 35.6 Å². The Hall–Kier alpha value is -2.03. The quantitative estimate of drug-likeness (QED) is 0.613. The van der Waals surface area contributed by atoms with E-state index < -0.39 is 13.3 Å². The molecule has 1 unspecified atom stereocenters. The molecule has 0 bridgehead atoms. The summed E-state index contributed by atoms with van der Waals surface area (Å²) in [4.78, 5) is 16.8. The third-order valence-corrected chi connectivity index (χ3v) is 5.81. The van der Waals surface area contributed by atoms with Crippen molar-refractivity contribution in [3.8, 4) is 5.75 Å². The Kier molecular flexibility index (Phi) is 5.12. The second kappa shape index (κ2) is 7.42. The van der Waals surface area contributed by atoms with Crippen molar-refractivity contribution in [3.05, 3.63) is 35.4 Å². The van der Waals surface area contributed by atoms with Crippen LogP contribution in [0.25, 0.3) is 0 Å². The molecule has 1 aromatic carbocycles. The van der Waals surface area contributed by atoms with E-state index in [9.17, 15) is 14.9 Å². The molecule has 7 nitrogen and oxygen atoms in total. The lowest BCUT2D eigenvalue weighted by Crippen LogP contribution is -2.56. The van der Waals surface area contributed by atoms with Crippen molar-refractivity contribution < 1.29 is 24.4 Å². The molecule has 3 atom stereocenters. The van der Waals surface area contributed by atoms with Gasteiger partial charge in [0, 0.05) is 24.9 Å². The lowest BCUT2D eigenvalue weighted by atomic mass is 9.82. The second-order valence-corrected chi connectivity index (χ2v) is 7.97. The maximum Gasteiger partial charge on any atom is 0.411 e. The SMILES string of the molecule is C=C1C[C@H]2[C@H](OC3CCCCO3)N(B(C)O)c3cc(O)c(C)cc3C(=O)N2C1. The first-order valence-electron chi connectivity index (χ1n) is 9.91. The molecule has 8 heteroatoms. The van der Waals surface area contributed by atoms with Gasteiger partial charge in [0.1, 0.15) is 12.0 Å². The van der Waals surface area contributed by atoms with E-state index in [1.165, 1.54) is 0 Å². The molecule has 3 heterocycles. The minimum Gasteiger partial charge on any atom is -0.508 e. The Labute approximate surface area is 165 Å². The molecule has 0 aromatic heterocycles. The van der Waals surface area contributed by atoms with Gasteiger partial charge in [0.05, 0.1) is 11.6 Å². The van der Waals surface area contributed by atoms with E-state index in [0.717, 1.165) is 24.8 Å². The number of ether oxygens (including phenoxy) is 2. The molecule has 3 aliphatic heterocycles. The average Bonchev–Trinajstić information content (AvgIpc) is 3.02. The van der Waals surface area contributed by atoms with Gasteiger partial charge in [-0.25, -0.2) is 0 Å². The molecule has 2 saturated heterocycles. The molecule has 0 spiro atoms. The van der Waals surface area contributed by atoms with Crippen LogP contribution in [-0.4, -0.2) is 59.7 Å². The third kappa shape index (κ3) is 3.29. The van der Waals surface area contributed by atoms with Gasteiger partial charge in [-0.05, 0) is 51.1 Å². The van der Waals surface area contributed by atoms with Crippen molar-refractivity contribution >= 4 is 18.6 Å². The highest BCUT2D eigenvalue weighted by atomic mass is 16.7. The summed E-state index contributed by atoms with van der Waals surface area (Å²) in [7, 11) is -0.920. The number of phenolic OH excluding ortho intramolecular Hbond substituents is 1. The van der Waals surface area contributed by atoms with Crippen LogP contribution >= 0.6 is 0 Å². The largest absolute Gasteiger partial charge is 0.508 e. The molecule has 2 fully saturated rings. The number of nitrogens with zero attached hydrogens (tertiary/aromatic N) is 2. The summed E-state index contributed by atoms with van der Waals surface area (Å²) >= 11 is 0. The topological polar surface area (TPSA) is 82.5 Å². The number of carbonyl (C=O) groups excluding carboxylic acids is 1. The number of aryl methyl sites for hydroxylation is 1. The zero-order valence-electron chi connectivity index (χ0n) is 16.4. The third-order valence-electron chi connectivity index (χ3n) is 5.81. The van der Waals surface area contributed by atoms with E-state index >= 15 is 0 Å². The van der Waals surface area contributed by atoms with Gasteiger partial charge in [0.2, 0.25) is 0 Å². The first-order valence-corrected chi connectivity index (χ1v) is 9.91. The summed E-state index contributed by atoms with van der Waals surface area (Å²) in [5, 5.41) is 20.9. The van der Waals surface area contributed by atoms with Crippen LogP contribution in [-0.2, 0) is 9.47 Å². The Bertz CT molecular complexity index is 793. The lowest BCUT2D eigenvalue weighted by Gasteiger charge is -2.40. The average molecular weight is 386 g/mol. The van der Waals surface area contributed by atoms with Gasteiger partial charge in [0.25, 0.3) is 5.91 Å². The minimum atomic E-state index is -0.920. The smallest absolute Gasteiger partial charge is 0.411 e. The predicted octanol–water partition coefficient (Wildman–Crippen LogP) is 2.27. The van der Waals surface area contributed by atoms with Crippen molar-refractivity contribution in [2.45, 2.75) is 58.0 Å². The Morgan fingerprint density at radius 1 is 1.36 bits per heavy atom. The highest BCUT2D eigenvalue weighted by Gasteiger charge is 2.47. The number of phenols is 1. The summed E-state index contributed by atoms with van der Waals surface area (Å²) in [6.45, 7) is 8.58. The summed E-state index contributed by atoms with van der Waals surface area (Å²) in [6.07, 6.45) is 2.41. The molecule has 0 radical (unpaired) electrons. The van der Waals surface area contributed by atoms with Crippen LogP contribution in [0.3, 0.4) is 0 Å². The van der Waals surface area contributed by atoms with Crippen LogP contribution in [0.2, 0.25) is 6.82 Å². The van der Waals surface area contributed by atoms with E-state index in [0.29, 0.717) is 36.4 Å². The maximum atomic E-state index is 13.3. The fourth-order valence-corrected chi connectivity index (χ4v) is 4.40. The number of hydrogen-bond donors (Lipinski definition) is 2. The zero-order valence-corrected chi connectivity index (χ0v) is 16.4. The van der Waals surface area contributed by atoms with Crippen molar-refractivity contribution in [2.24, 2.45) is 0 Å². The molecule has 0 saturated carbocycles. The Balaban J connectivity index is 1.82. The van der Waals surface area contributed by atoms with Crippen molar-refractivity contribution in [1.82, 2.24) is 4.90 Å². The van der Waals surface area contributed by atoms with Gasteiger partial charge >= 0.3 is 7.05 Å². The van der Waals surface area contributed by atoms with Crippen LogP contribution in [0.15, 0.2) is 24.3 Å². The van der Waals surface area contributed by atoms with Crippen molar-refractivity contribution in [2.75, 3.05) is 18.0 Å². The van der Waals surface area contributed by atoms with Crippen LogP contribution in [0.4, 0.5) is 5.69 Å². The van der Waals surface area contributed by atoms with Crippen LogP contribution < -0.4 is 4.81 Å². The second-order valence-electron chi connectivity index (χ2n) is 7.97. The summed E-state index contributed by atoms with van der Waals surface area (Å²) in [5.74, 6) is -0.0561. The molecule has 3 aliphatic rings. The van der Waals surface area contributed by atoms with Crippen LogP contribution in [0.1, 0.15) is 41.6 Å². The highest BCUT2D eigenvalue weighted by Crippen LogP contribution is 2.40. The van der Waals surface area contributed by atoms with E-state index in [4.69, 9.17) is 9.47 Å². The predicted molar refractivity (Wildman–Crippen MR) is 106 cm³/mol. The zero-order chi connectivity index (χ0) is 20.0. The molecule has 150 valence electrons. The number of carbonyl (C=O) groups is 1. The van der Waals surface area contributed by atoms with E-state index in [-0.39, 0.29) is 24.0 Å². The van der Waals surface area contributed by atoms with Gasteiger partial charge < -0.3 is 29.3 Å². The van der Waals surface area contributed by atoms with E-state index in [1.807, 2.05) is 0 Å². The number of rotatable bonds is 3. The fourth-order valence-electron chi connectivity index (χ4n) is 4.40. The molecule has 1 aromatic rings. The lowest BCUT2D eigenvalue weighted by molar-refractivity contribution is -0.194. The number of aromatic hydroxyl groups is 1. The summed E-state index contributed by atoms with van der Waals surface area (Å²) in [5.41, 5.74) is 2.50. The number of benzene rings is 1. The van der Waals surface area contributed by atoms with Gasteiger partial charge in [-0.2, -0.15) is 0 Å². The molecule has 4 rings (SSSR count). The normalized spacial score (nSPS) is 27.5. The summed E-state index contributed by atoms with van der Waals surface area (Å²) in [6, 6.07) is 2.94. The Morgan fingerprint density at radius 2 is 2.14 bits per heavy atom. The van der Waals surface area contributed by atoms with Gasteiger partial charge in [0.15, 0.2) is 6.29 Å². The van der Waals surface area contributed by atoms with Crippen molar-refractivity contribution in [3.63, 3.8) is 0 Å². The molecular weight excluding hydrogens is 359 g/mol. The van der Waals surface area contributed by atoms with Gasteiger partial charge in [-0.3, -0.25) is 4.79 Å². The minimum absolute atomic E-state index is 0.0799. The molecule has 0 aliphatic carbocycles. The summed E-state index contributed by atoms with van der Waals surface area (Å²) < 4.78 is 12.1. The van der Waals surface area contributed by atoms with E-state index in [2.05, 4.69) is 6.58 Å². The van der Waals surface area contributed by atoms with Crippen LogP contribution in [0, 0.1) is 6.92 Å². The highest BCUT2D eigenvalue weighted by molar-refractivity contribution is 6.54. The first kappa shape index (κ1) is 19.3. The monoisotopic (exact) mass is 386 g/mol. The molecule has 2 N–H and O–H groups in total. The van der Waals surface area contributed by atoms with Gasteiger partial charge in [-0.1, -0.05) is 12.2 Å². The standard InChI is InChI=1S/C20H27BN2O5/c1-12-8-16-20(28-18-6-4-5-7-27-18)23(21(3)26)15-10-17(24)13(2)9-14(15)19(25)22(16)11-12/h9-10,16,18,20,24,26H,1,4-8,11H2,2-3H3/t16-,18?,20-/m0/s1.